The lowest BCUT2D eigenvalue weighted by Gasteiger charge is -2.43. The third-order valence-corrected chi connectivity index (χ3v) is 7.02. The van der Waals surface area contributed by atoms with Crippen LogP contribution in [0.5, 0.6) is 0 Å². The number of carbonyl (C=O) groups excluding carboxylic acids is 3. The molecule has 6 heteroatoms. The summed E-state index contributed by atoms with van der Waals surface area (Å²) >= 11 is 0. The first-order chi connectivity index (χ1) is 15.8. The van der Waals surface area contributed by atoms with Gasteiger partial charge >= 0.3 is 0 Å². The minimum atomic E-state index is -0.665. The van der Waals surface area contributed by atoms with Crippen molar-refractivity contribution in [1.29, 1.82) is 0 Å². The van der Waals surface area contributed by atoms with E-state index in [-0.39, 0.29) is 30.1 Å². The van der Waals surface area contributed by atoms with Gasteiger partial charge in [0, 0.05) is 47.2 Å². The summed E-state index contributed by atoms with van der Waals surface area (Å²) in [7, 11) is 5.32. The fourth-order valence-electron chi connectivity index (χ4n) is 5.36. The highest BCUT2D eigenvalue weighted by Crippen LogP contribution is 2.37. The van der Waals surface area contributed by atoms with Crippen LogP contribution < -0.4 is 0 Å². The molecule has 0 spiro atoms. The fraction of sp³-hybridized carbons (Fsp3) is 0.444. The predicted octanol–water partition coefficient (Wildman–Crippen LogP) is 3.07. The summed E-state index contributed by atoms with van der Waals surface area (Å²) in [6.45, 7) is 1.49. The van der Waals surface area contributed by atoms with E-state index in [1.54, 1.807) is 30.9 Å². The number of amides is 3. The molecule has 2 atom stereocenters. The first-order valence-electron chi connectivity index (χ1n) is 11.7. The van der Waals surface area contributed by atoms with Crippen molar-refractivity contribution in [3.8, 4) is 11.1 Å². The van der Waals surface area contributed by atoms with Crippen LogP contribution in [0.25, 0.3) is 11.1 Å². The number of benzene rings is 2. The first-order valence-corrected chi connectivity index (χ1v) is 11.7. The van der Waals surface area contributed by atoms with Gasteiger partial charge in [0.15, 0.2) is 0 Å². The second kappa shape index (κ2) is 9.38. The summed E-state index contributed by atoms with van der Waals surface area (Å²) in [5.74, 6) is -0.237. The molecule has 2 aromatic carbocycles. The molecular weight excluding hydrogens is 414 g/mol. The van der Waals surface area contributed by atoms with Gasteiger partial charge in [-0.05, 0) is 36.0 Å². The molecular formula is C27H33N3O3. The van der Waals surface area contributed by atoms with Gasteiger partial charge in [-0.25, -0.2) is 0 Å². The van der Waals surface area contributed by atoms with Gasteiger partial charge < -0.3 is 14.7 Å². The van der Waals surface area contributed by atoms with Crippen molar-refractivity contribution >= 4 is 17.7 Å². The van der Waals surface area contributed by atoms with Crippen LogP contribution in [-0.2, 0) is 20.8 Å². The van der Waals surface area contributed by atoms with Gasteiger partial charge in [0.05, 0.1) is 11.3 Å². The molecule has 6 nitrogen and oxygen atoms in total. The van der Waals surface area contributed by atoms with Crippen molar-refractivity contribution in [2.75, 3.05) is 40.8 Å². The topological polar surface area (TPSA) is 60.9 Å². The summed E-state index contributed by atoms with van der Waals surface area (Å²) < 4.78 is 0. The fourth-order valence-corrected chi connectivity index (χ4v) is 5.36. The Morgan fingerprint density at radius 1 is 1.06 bits per heavy atom. The van der Waals surface area contributed by atoms with Gasteiger partial charge in [0.2, 0.25) is 17.7 Å². The monoisotopic (exact) mass is 447 g/mol. The smallest absolute Gasteiger partial charge is 0.230 e. The molecule has 0 aliphatic carbocycles. The molecule has 4 rings (SSSR count). The van der Waals surface area contributed by atoms with Crippen molar-refractivity contribution in [1.82, 2.24) is 14.7 Å². The van der Waals surface area contributed by atoms with E-state index in [4.69, 9.17) is 0 Å². The molecule has 174 valence electrons. The normalized spacial score (nSPS) is 23.0. The van der Waals surface area contributed by atoms with E-state index in [9.17, 15) is 14.4 Å². The molecule has 2 aromatic rings. The van der Waals surface area contributed by atoms with Crippen LogP contribution in [0.4, 0.5) is 0 Å². The third kappa shape index (κ3) is 4.80. The van der Waals surface area contributed by atoms with Crippen LogP contribution in [-0.4, -0.2) is 73.2 Å². The molecule has 2 unspecified atom stereocenters. The zero-order chi connectivity index (χ0) is 23.6. The van der Waals surface area contributed by atoms with E-state index < -0.39 is 5.41 Å². The highest BCUT2D eigenvalue weighted by Gasteiger charge is 2.46. The molecule has 0 saturated carbocycles. The SMILES string of the molecule is CN(C)C(=O)C1(Cc2cccc(-c3ccccc3)c2)CCCN(C(=O)C2CC(=O)N(C)C2)C1. The van der Waals surface area contributed by atoms with E-state index in [0.29, 0.717) is 26.1 Å². The van der Waals surface area contributed by atoms with Gasteiger partial charge in [-0.15, -0.1) is 0 Å². The maximum Gasteiger partial charge on any atom is 0.230 e. The van der Waals surface area contributed by atoms with E-state index in [1.165, 1.54) is 0 Å². The largest absolute Gasteiger partial charge is 0.348 e. The molecule has 0 N–H and O–H groups in total. The lowest BCUT2D eigenvalue weighted by atomic mass is 9.73. The maximum absolute atomic E-state index is 13.5. The molecule has 33 heavy (non-hydrogen) atoms. The van der Waals surface area contributed by atoms with Gasteiger partial charge in [-0.2, -0.15) is 0 Å². The molecule has 0 bridgehead atoms. The quantitative estimate of drug-likeness (QED) is 0.708. The van der Waals surface area contributed by atoms with Crippen molar-refractivity contribution in [3.05, 3.63) is 60.2 Å². The van der Waals surface area contributed by atoms with Crippen LogP contribution in [0.1, 0.15) is 24.8 Å². The minimum absolute atomic E-state index is 0.00127. The summed E-state index contributed by atoms with van der Waals surface area (Å²) in [6, 6.07) is 18.6. The molecule has 0 aromatic heterocycles. The molecule has 2 aliphatic rings. The Morgan fingerprint density at radius 3 is 2.45 bits per heavy atom. The highest BCUT2D eigenvalue weighted by atomic mass is 16.2. The van der Waals surface area contributed by atoms with Gasteiger partial charge in [-0.1, -0.05) is 54.6 Å². The average molecular weight is 448 g/mol. The molecule has 2 aliphatic heterocycles. The predicted molar refractivity (Wildman–Crippen MR) is 128 cm³/mol. The van der Waals surface area contributed by atoms with Crippen molar-refractivity contribution in [3.63, 3.8) is 0 Å². The summed E-state index contributed by atoms with van der Waals surface area (Å²) in [6.07, 6.45) is 2.37. The van der Waals surface area contributed by atoms with Crippen molar-refractivity contribution in [2.24, 2.45) is 11.3 Å². The van der Waals surface area contributed by atoms with Crippen molar-refractivity contribution in [2.45, 2.75) is 25.7 Å². The summed E-state index contributed by atoms with van der Waals surface area (Å²) in [5, 5.41) is 0. The van der Waals surface area contributed by atoms with Crippen LogP contribution in [0, 0.1) is 11.3 Å². The zero-order valence-electron chi connectivity index (χ0n) is 19.8. The molecule has 2 saturated heterocycles. The van der Waals surface area contributed by atoms with E-state index >= 15 is 0 Å². The third-order valence-electron chi connectivity index (χ3n) is 7.02. The Kier molecular flexibility index (Phi) is 6.54. The van der Waals surface area contributed by atoms with E-state index in [2.05, 4.69) is 30.3 Å². The Morgan fingerprint density at radius 2 is 1.79 bits per heavy atom. The van der Waals surface area contributed by atoms with Crippen LogP contribution >= 0.6 is 0 Å². The molecule has 3 amide bonds. The van der Waals surface area contributed by atoms with Crippen molar-refractivity contribution < 1.29 is 14.4 Å². The van der Waals surface area contributed by atoms with E-state index in [0.717, 1.165) is 29.5 Å². The standard InChI is InChI=1S/C27H33N3O3/c1-28(2)26(33)27(17-20-9-7-12-22(15-20)21-10-5-4-6-11-21)13-8-14-30(19-27)25(32)23-16-24(31)29(3)18-23/h4-7,9-12,15,23H,8,13-14,16-19H2,1-3H3. The summed E-state index contributed by atoms with van der Waals surface area (Å²) in [5.41, 5.74) is 2.69. The lowest BCUT2D eigenvalue weighted by molar-refractivity contribution is -0.149. The molecule has 0 radical (unpaired) electrons. The second-order valence-electron chi connectivity index (χ2n) is 9.76. The Labute approximate surface area is 196 Å². The molecule has 2 heterocycles. The maximum atomic E-state index is 13.5. The van der Waals surface area contributed by atoms with Crippen LogP contribution in [0.3, 0.4) is 0 Å². The second-order valence-corrected chi connectivity index (χ2v) is 9.76. The highest BCUT2D eigenvalue weighted by molar-refractivity contribution is 5.90. The number of carbonyl (C=O) groups is 3. The van der Waals surface area contributed by atoms with E-state index in [1.807, 2.05) is 29.2 Å². The Balaban J connectivity index is 1.60. The Bertz CT molecular complexity index is 1040. The number of rotatable bonds is 5. The van der Waals surface area contributed by atoms with Crippen LogP contribution in [0.2, 0.25) is 0 Å². The zero-order valence-corrected chi connectivity index (χ0v) is 19.8. The molecule has 2 fully saturated rings. The minimum Gasteiger partial charge on any atom is -0.348 e. The van der Waals surface area contributed by atoms with Gasteiger partial charge in [0.1, 0.15) is 0 Å². The summed E-state index contributed by atoms with van der Waals surface area (Å²) in [4.78, 5) is 43.9. The first kappa shape index (κ1) is 23.0. The van der Waals surface area contributed by atoms with Gasteiger partial charge in [0.25, 0.3) is 0 Å². The number of nitrogens with zero attached hydrogens (tertiary/aromatic N) is 3. The number of likely N-dealkylation sites (tertiary alicyclic amines) is 2. The number of piperidine rings is 1. The van der Waals surface area contributed by atoms with Gasteiger partial charge in [-0.3, -0.25) is 14.4 Å². The Hall–Kier alpha value is -3.15. The number of hydrogen-bond acceptors (Lipinski definition) is 3. The van der Waals surface area contributed by atoms with Crippen LogP contribution in [0.15, 0.2) is 54.6 Å². The number of hydrogen-bond donors (Lipinski definition) is 0. The average Bonchev–Trinajstić information content (AvgIpc) is 3.17. The lowest BCUT2D eigenvalue weighted by Crippen LogP contribution is -2.55.